The minimum absolute atomic E-state index is 0.154. The molecule has 1 fully saturated rings. The molecule has 0 radical (unpaired) electrons. The van der Waals surface area contributed by atoms with Crippen LogP contribution in [0, 0.1) is 0 Å². The lowest BCUT2D eigenvalue weighted by Gasteiger charge is -2.29. The summed E-state index contributed by atoms with van der Waals surface area (Å²) in [7, 11) is 0. The van der Waals surface area contributed by atoms with Crippen LogP contribution in [0.5, 0.6) is 0 Å². The maximum absolute atomic E-state index is 13.2. The molecule has 3 aromatic rings. The molecule has 9 heteroatoms. The van der Waals surface area contributed by atoms with Gasteiger partial charge in [-0.15, -0.1) is 0 Å². The number of alkyl halides is 3. The maximum Gasteiger partial charge on any atom is 0.416 e. The van der Waals surface area contributed by atoms with Crippen LogP contribution in [-0.4, -0.2) is 32.2 Å². The summed E-state index contributed by atoms with van der Waals surface area (Å²) in [6, 6.07) is 16.7. The Morgan fingerprint density at radius 1 is 0.909 bits per heavy atom. The summed E-state index contributed by atoms with van der Waals surface area (Å²) in [6.45, 7) is 3.69. The van der Waals surface area contributed by atoms with Crippen molar-refractivity contribution in [2.45, 2.75) is 6.18 Å². The molecule has 0 bridgehead atoms. The summed E-state index contributed by atoms with van der Waals surface area (Å²) in [5.74, 6) is 0. The van der Waals surface area contributed by atoms with Gasteiger partial charge in [0.2, 0.25) is 0 Å². The second-order valence-electron chi connectivity index (χ2n) is 7.60. The Bertz CT molecular complexity index is 1130. The van der Waals surface area contributed by atoms with Gasteiger partial charge < -0.3 is 20.9 Å². The average Bonchev–Trinajstić information content (AvgIpc) is 2.80. The Hall–Kier alpha value is -3.23. The van der Waals surface area contributed by atoms with Gasteiger partial charge in [0.1, 0.15) is 0 Å². The fraction of sp³-hybridized carbons (Fsp3) is 0.208. The van der Waals surface area contributed by atoms with Gasteiger partial charge in [-0.1, -0.05) is 29.8 Å². The summed E-state index contributed by atoms with van der Waals surface area (Å²) in [6.07, 6.45) is -4.50. The molecule has 1 saturated heterocycles. The predicted octanol–water partition coefficient (Wildman–Crippen LogP) is 6.08. The Morgan fingerprint density at radius 3 is 2.30 bits per heavy atom. The summed E-state index contributed by atoms with van der Waals surface area (Å²) in [5, 5.41) is 8.93. The van der Waals surface area contributed by atoms with E-state index in [1.54, 1.807) is 24.3 Å². The maximum atomic E-state index is 13.2. The van der Waals surface area contributed by atoms with Gasteiger partial charge in [-0.3, -0.25) is 0 Å². The van der Waals surface area contributed by atoms with E-state index in [9.17, 15) is 18.0 Å². The third-order valence-electron chi connectivity index (χ3n) is 5.37. The number of anilines is 3. The first-order chi connectivity index (χ1) is 15.8. The van der Waals surface area contributed by atoms with E-state index < -0.39 is 17.8 Å². The number of carbonyl (C=O) groups is 1. The first-order valence-corrected chi connectivity index (χ1v) is 10.8. The van der Waals surface area contributed by atoms with E-state index >= 15 is 0 Å². The molecule has 0 unspecified atom stereocenters. The molecule has 1 aliphatic rings. The van der Waals surface area contributed by atoms with Crippen molar-refractivity contribution in [3.8, 4) is 11.1 Å². The Balaban J connectivity index is 1.50. The van der Waals surface area contributed by atoms with E-state index in [1.807, 2.05) is 24.3 Å². The highest BCUT2D eigenvalue weighted by Crippen LogP contribution is 2.38. The van der Waals surface area contributed by atoms with Gasteiger partial charge in [0.05, 0.1) is 11.3 Å². The fourth-order valence-corrected chi connectivity index (χ4v) is 3.92. The number of hydrogen-bond donors (Lipinski definition) is 3. The number of para-hydroxylation sites is 1. The SMILES string of the molecule is O=C(Nc1ccc(N2CCNCC2)cc1)Nc1ccccc1-c1cc(C(F)(F)F)ccc1Cl. The van der Waals surface area contributed by atoms with Crippen LogP contribution in [-0.2, 0) is 6.18 Å². The summed E-state index contributed by atoms with van der Waals surface area (Å²) in [5.41, 5.74) is 1.77. The largest absolute Gasteiger partial charge is 0.416 e. The number of piperazine rings is 1. The number of benzene rings is 3. The predicted molar refractivity (Wildman–Crippen MR) is 126 cm³/mol. The van der Waals surface area contributed by atoms with Crippen molar-refractivity contribution >= 4 is 34.7 Å². The smallest absolute Gasteiger partial charge is 0.369 e. The molecule has 0 aliphatic carbocycles. The number of amides is 2. The van der Waals surface area contributed by atoms with E-state index in [4.69, 9.17) is 11.6 Å². The Morgan fingerprint density at radius 2 is 1.61 bits per heavy atom. The van der Waals surface area contributed by atoms with Crippen LogP contribution in [0.25, 0.3) is 11.1 Å². The highest BCUT2D eigenvalue weighted by molar-refractivity contribution is 6.33. The third-order valence-corrected chi connectivity index (χ3v) is 5.70. The zero-order chi connectivity index (χ0) is 23.4. The van der Waals surface area contributed by atoms with Crippen molar-refractivity contribution in [3.63, 3.8) is 0 Å². The van der Waals surface area contributed by atoms with E-state index in [0.717, 1.165) is 44.0 Å². The van der Waals surface area contributed by atoms with Crippen molar-refractivity contribution in [1.82, 2.24) is 5.32 Å². The van der Waals surface area contributed by atoms with Gasteiger partial charge in [0.25, 0.3) is 0 Å². The van der Waals surface area contributed by atoms with E-state index in [0.29, 0.717) is 16.9 Å². The highest BCUT2D eigenvalue weighted by Gasteiger charge is 2.31. The minimum atomic E-state index is -4.50. The van der Waals surface area contributed by atoms with Crippen molar-refractivity contribution in [1.29, 1.82) is 0 Å². The molecule has 0 saturated carbocycles. The lowest BCUT2D eigenvalue weighted by molar-refractivity contribution is -0.137. The van der Waals surface area contributed by atoms with Crippen molar-refractivity contribution < 1.29 is 18.0 Å². The van der Waals surface area contributed by atoms with Crippen LogP contribution < -0.4 is 20.9 Å². The molecular formula is C24H22ClF3N4O. The van der Waals surface area contributed by atoms with Gasteiger partial charge in [-0.05, 0) is 48.5 Å². The number of nitrogens with zero attached hydrogens (tertiary/aromatic N) is 1. The van der Waals surface area contributed by atoms with Crippen LogP contribution in [0.1, 0.15) is 5.56 Å². The van der Waals surface area contributed by atoms with Gasteiger partial charge >= 0.3 is 12.2 Å². The van der Waals surface area contributed by atoms with Crippen LogP contribution >= 0.6 is 11.6 Å². The van der Waals surface area contributed by atoms with E-state index in [1.165, 1.54) is 6.07 Å². The molecule has 4 rings (SSSR count). The zero-order valence-corrected chi connectivity index (χ0v) is 18.3. The average molecular weight is 475 g/mol. The number of halogens is 4. The van der Waals surface area contributed by atoms with Gasteiger partial charge in [0.15, 0.2) is 0 Å². The standard InChI is InChI=1S/C24H22ClF3N4O/c25-21-10-5-16(24(26,27)28)15-20(21)19-3-1-2-4-22(19)31-23(33)30-17-6-8-18(9-7-17)32-13-11-29-12-14-32/h1-10,15,29H,11-14H2,(H2,30,31,33). The second kappa shape index (κ2) is 9.72. The van der Waals surface area contributed by atoms with Crippen molar-refractivity contribution in [2.75, 3.05) is 41.7 Å². The number of urea groups is 1. The molecule has 1 heterocycles. The van der Waals surface area contributed by atoms with Crippen LogP contribution in [0.3, 0.4) is 0 Å². The van der Waals surface area contributed by atoms with Gasteiger partial charge in [-0.25, -0.2) is 4.79 Å². The molecule has 2 amide bonds. The summed E-state index contributed by atoms with van der Waals surface area (Å²) < 4.78 is 39.6. The monoisotopic (exact) mass is 474 g/mol. The second-order valence-corrected chi connectivity index (χ2v) is 8.01. The van der Waals surface area contributed by atoms with Crippen molar-refractivity contribution in [3.05, 3.63) is 77.3 Å². The minimum Gasteiger partial charge on any atom is -0.369 e. The Kier molecular flexibility index (Phi) is 6.76. The molecule has 3 aromatic carbocycles. The quantitative estimate of drug-likeness (QED) is 0.429. The van der Waals surface area contributed by atoms with Crippen LogP contribution in [0.2, 0.25) is 5.02 Å². The molecule has 1 aliphatic heterocycles. The van der Waals surface area contributed by atoms with Gasteiger partial charge in [0, 0.05) is 53.7 Å². The lowest BCUT2D eigenvalue weighted by atomic mass is 10.0. The number of rotatable bonds is 4. The van der Waals surface area contributed by atoms with Crippen LogP contribution in [0.15, 0.2) is 66.7 Å². The normalized spacial score (nSPS) is 14.1. The summed E-state index contributed by atoms with van der Waals surface area (Å²) in [4.78, 5) is 14.9. The third kappa shape index (κ3) is 5.58. The van der Waals surface area contributed by atoms with Crippen molar-refractivity contribution in [2.24, 2.45) is 0 Å². The first-order valence-electron chi connectivity index (χ1n) is 10.4. The zero-order valence-electron chi connectivity index (χ0n) is 17.5. The molecule has 0 spiro atoms. The topological polar surface area (TPSA) is 56.4 Å². The molecular weight excluding hydrogens is 453 g/mol. The van der Waals surface area contributed by atoms with Gasteiger partial charge in [-0.2, -0.15) is 13.2 Å². The first kappa shape index (κ1) is 22.9. The molecule has 0 atom stereocenters. The molecule has 33 heavy (non-hydrogen) atoms. The number of nitrogens with one attached hydrogen (secondary N) is 3. The molecule has 5 nitrogen and oxygen atoms in total. The molecule has 0 aromatic heterocycles. The molecule has 3 N–H and O–H groups in total. The number of hydrogen-bond acceptors (Lipinski definition) is 3. The number of carbonyl (C=O) groups excluding carboxylic acids is 1. The Labute approximate surface area is 194 Å². The highest BCUT2D eigenvalue weighted by atomic mass is 35.5. The molecule has 172 valence electrons. The van der Waals surface area contributed by atoms with E-state index in [2.05, 4.69) is 20.9 Å². The fourth-order valence-electron chi connectivity index (χ4n) is 3.70. The summed E-state index contributed by atoms with van der Waals surface area (Å²) >= 11 is 6.19. The lowest BCUT2D eigenvalue weighted by Crippen LogP contribution is -2.43. The van der Waals surface area contributed by atoms with Crippen LogP contribution in [0.4, 0.5) is 35.0 Å². The van der Waals surface area contributed by atoms with E-state index in [-0.39, 0.29) is 10.6 Å².